The summed E-state index contributed by atoms with van der Waals surface area (Å²) in [5.74, 6) is -0.105. The molecule has 0 aliphatic heterocycles. The topological polar surface area (TPSA) is 51.1 Å². The summed E-state index contributed by atoms with van der Waals surface area (Å²) in [6, 6.07) is 12.6. The molecule has 4 heteroatoms. The van der Waals surface area contributed by atoms with E-state index in [1.54, 1.807) is 12.3 Å². The Kier molecular flexibility index (Phi) is 3.86. The number of hydrogen-bond donors (Lipinski definition) is 1. The molecule has 0 spiro atoms. The van der Waals surface area contributed by atoms with Crippen LogP contribution >= 0.6 is 0 Å². The molecule has 1 amide bonds. The summed E-state index contributed by atoms with van der Waals surface area (Å²) in [5, 5.41) is 3.04. The first-order valence-electron chi connectivity index (χ1n) is 7.33. The van der Waals surface area contributed by atoms with Gasteiger partial charge in [-0.25, -0.2) is 0 Å². The van der Waals surface area contributed by atoms with Crippen molar-refractivity contribution in [2.75, 3.05) is 0 Å². The van der Waals surface area contributed by atoms with Crippen LogP contribution in [-0.4, -0.2) is 16.5 Å². The minimum Gasteiger partial charge on any atom is -0.349 e. The molecular formula is C17H18N2O2. The van der Waals surface area contributed by atoms with Crippen LogP contribution in [0, 0.1) is 0 Å². The van der Waals surface area contributed by atoms with Gasteiger partial charge in [-0.1, -0.05) is 31.0 Å². The monoisotopic (exact) mass is 282 g/mol. The number of amides is 1. The number of aromatic nitrogens is 1. The summed E-state index contributed by atoms with van der Waals surface area (Å²) in [4.78, 5) is 24.2. The molecule has 21 heavy (non-hydrogen) atoms. The van der Waals surface area contributed by atoms with Crippen LogP contribution in [0.5, 0.6) is 0 Å². The number of carbonyl (C=O) groups is 1. The molecule has 0 atom stereocenters. The van der Waals surface area contributed by atoms with Crippen molar-refractivity contribution in [3.05, 3.63) is 64.6 Å². The van der Waals surface area contributed by atoms with Crippen LogP contribution in [0.25, 0.3) is 5.69 Å². The quantitative estimate of drug-likeness (QED) is 0.940. The number of hydrogen-bond acceptors (Lipinski definition) is 2. The average molecular weight is 282 g/mol. The highest BCUT2D eigenvalue weighted by molar-refractivity contribution is 5.94. The zero-order valence-corrected chi connectivity index (χ0v) is 11.8. The van der Waals surface area contributed by atoms with Gasteiger partial charge in [0.25, 0.3) is 11.5 Å². The first-order valence-corrected chi connectivity index (χ1v) is 7.33. The number of rotatable bonds is 3. The molecule has 3 rings (SSSR count). The van der Waals surface area contributed by atoms with E-state index in [1.807, 2.05) is 30.3 Å². The minimum atomic E-state index is -0.140. The van der Waals surface area contributed by atoms with Crippen LogP contribution in [0.4, 0.5) is 0 Å². The van der Waals surface area contributed by atoms with Crippen molar-refractivity contribution in [2.24, 2.45) is 0 Å². The van der Waals surface area contributed by atoms with Crippen LogP contribution in [-0.2, 0) is 0 Å². The van der Waals surface area contributed by atoms with E-state index in [4.69, 9.17) is 0 Å². The van der Waals surface area contributed by atoms with E-state index in [2.05, 4.69) is 5.32 Å². The molecule has 108 valence electrons. The Labute approximate surface area is 123 Å². The van der Waals surface area contributed by atoms with Crippen molar-refractivity contribution in [1.82, 2.24) is 9.88 Å². The second kappa shape index (κ2) is 5.95. The maximum atomic E-state index is 12.3. The molecule has 0 saturated heterocycles. The van der Waals surface area contributed by atoms with Gasteiger partial charge in [0.2, 0.25) is 0 Å². The van der Waals surface area contributed by atoms with Gasteiger partial charge in [0, 0.05) is 24.0 Å². The molecule has 0 bridgehead atoms. The Hall–Kier alpha value is -2.36. The maximum absolute atomic E-state index is 12.3. The number of carbonyl (C=O) groups excluding carboxylic acids is 1. The molecule has 2 aromatic rings. The fraction of sp³-hybridized carbons (Fsp3) is 0.294. The largest absolute Gasteiger partial charge is 0.349 e. The molecule has 4 nitrogen and oxygen atoms in total. The van der Waals surface area contributed by atoms with Crippen molar-refractivity contribution in [3.63, 3.8) is 0 Å². The van der Waals surface area contributed by atoms with Gasteiger partial charge < -0.3 is 5.32 Å². The lowest BCUT2D eigenvalue weighted by Crippen LogP contribution is -2.33. The van der Waals surface area contributed by atoms with Gasteiger partial charge in [0.15, 0.2) is 0 Å². The zero-order chi connectivity index (χ0) is 14.7. The normalized spacial score (nSPS) is 15.0. The first kappa shape index (κ1) is 13.6. The Balaban J connectivity index is 1.87. The third-order valence-corrected chi connectivity index (χ3v) is 3.90. The number of benzene rings is 1. The van der Waals surface area contributed by atoms with Gasteiger partial charge in [0.05, 0.1) is 5.56 Å². The van der Waals surface area contributed by atoms with E-state index in [0.717, 1.165) is 18.5 Å². The summed E-state index contributed by atoms with van der Waals surface area (Å²) < 4.78 is 1.50. The summed E-state index contributed by atoms with van der Waals surface area (Å²) >= 11 is 0. The number of nitrogens with one attached hydrogen (secondary N) is 1. The standard InChI is InChI=1S/C17H18N2O2/c20-16-11-10-13(17(21)18-14-6-4-5-7-14)12-19(16)15-8-2-1-3-9-15/h1-3,8-12,14H,4-7H2,(H,18,21). The van der Waals surface area contributed by atoms with Gasteiger partial charge in [-0.2, -0.15) is 0 Å². The number of pyridine rings is 1. The average Bonchev–Trinajstić information content (AvgIpc) is 3.01. The van der Waals surface area contributed by atoms with Gasteiger partial charge in [0.1, 0.15) is 0 Å². The Bertz CT molecular complexity index is 685. The molecular weight excluding hydrogens is 264 g/mol. The second-order valence-corrected chi connectivity index (χ2v) is 5.42. The zero-order valence-electron chi connectivity index (χ0n) is 11.8. The summed E-state index contributed by atoms with van der Waals surface area (Å²) in [6.45, 7) is 0. The SMILES string of the molecule is O=C(NC1CCCC1)c1ccc(=O)n(-c2ccccc2)c1. The summed E-state index contributed by atoms with van der Waals surface area (Å²) in [6.07, 6.45) is 6.05. The van der Waals surface area contributed by atoms with Crippen molar-refractivity contribution in [1.29, 1.82) is 0 Å². The molecule has 0 unspecified atom stereocenters. The van der Waals surface area contributed by atoms with Crippen molar-refractivity contribution in [3.8, 4) is 5.69 Å². The van der Waals surface area contributed by atoms with E-state index in [1.165, 1.54) is 23.5 Å². The second-order valence-electron chi connectivity index (χ2n) is 5.42. The Morgan fingerprint density at radius 1 is 1.05 bits per heavy atom. The predicted molar refractivity (Wildman–Crippen MR) is 81.8 cm³/mol. The molecule has 1 aromatic heterocycles. The molecule has 1 aliphatic rings. The lowest BCUT2D eigenvalue weighted by molar-refractivity contribution is 0.0937. The fourth-order valence-electron chi connectivity index (χ4n) is 2.75. The van der Waals surface area contributed by atoms with Crippen molar-refractivity contribution < 1.29 is 4.79 Å². The molecule has 1 N–H and O–H groups in total. The Morgan fingerprint density at radius 2 is 1.76 bits per heavy atom. The molecule has 1 aromatic carbocycles. The predicted octanol–water partition coefficient (Wildman–Crippen LogP) is 2.51. The molecule has 1 fully saturated rings. The fourth-order valence-corrected chi connectivity index (χ4v) is 2.75. The van der Waals surface area contributed by atoms with E-state index in [0.29, 0.717) is 5.56 Å². The Morgan fingerprint density at radius 3 is 2.48 bits per heavy atom. The smallest absolute Gasteiger partial charge is 0.255 e. The number of nitrogens with zero attached hydrogens (tertiary/aromatic N) is 1. The van der Waals surface area contributed by atoms with Crippen LogP contribution in [0.1, 0.15) is 36.0 Å². The van der Waals surface area contributed by atoms with Gasteiger partial charge >= 0.3 is 0 Å². The lowest BCUT2D eigenvalue weighted by atomic mass is 10.2. The van der Waals surface area contributed by atoms with Gasteiger partial charge in [-0.3, -0.25) is 14.2 Å². The van der Waals surface area contributed by atoms with Crippen LogP contribution in [0.3, 0.4) is 0 Å². The highest BCUT2D eigenvalue weighted by Gasteiger charge is 2.18. The van der Waals surface area contributed by atoms with E-state index in [-0.39, 0.29) is 17.5 Å². The first-order chi connectivity index (χ1) is 10.2. The van der Waals surface area contributed by atoms with Gasteiger partial charge in [-0.05, 0) is 31.0 Å². The van der Waals surface area contributed by atoms with Crippen LogP contribution in [0.15, 0.2) is 53.5 Å². The van der Waals surface area contributed by atoms with Gasteiger partial charge in [-0.15, -0.1) is 0 Å². The lowest BCUT2D eigenvalue weighted by Gasteiger charge is -2.13. The third kappa shape index (κ3) is 3.05. The maximum Gasteiger partial charge on any atom is 0.255 e. The van der Waals surface area contributed by atoms with Crippen LogP contribution < -0.4 is 10.9 Å². The highest BCUT2D eigenvalue weighted by atomic mass is 16.2. The minimum absolute atomic E-state index is 0.105. The van der Waals surface area contributed by atoms with Crippen LogP contribution in [0.2, 0.25) is 0 Å². The molecule has 1 heterocycles. The van der Waals surface area contributed by atoms with E-state index in [9.17, 15) is 9.59 Å². The summed E-state index contributed by atoms with van der Waals surface area (Å²) in [7, 11) is 0. The van der Waals surface area contributed by atoms with E-state index < -0.39 is 0 Å². The van der Waals surface area contributed by atoms with Crippen molar-refractivity contribution >= 4 is 5.91 Å². The molecule has 0 radical (unpaired) electrons. The molecule has 1 saturated carbocycles. The van der Waals surface area contributed by atoms with E-state index >= 15 is 0 Å². The highest BCUT2D eigenvalue weighted by Crippen LogP contribution is 2.18. The van der Waals surface area contributed by atoms with Crippen molar-refractivity contribution in [2.45, 2.75) is 31.7 Å². The number of para-hydroxylation sites is 1. The third-order valence-electron chi connectivity index (χ3n) is 3.90. The molecule has 1 aliphatic carbocycles. The summed E-state index contributed by atoms with van der Waals surface area (Å²) in [5.41, 5.74) is 1.14.